The molecule has 0 aliphatic carbocycles. The Kier molecular flexibility index (Phi) is 3.86. The van der Waals surface area contributed by atoms with Gasteiger partial charge in [-0.25, -0.2) is 0 Å². The van der Waals surface area contributed by atoms with E-state index >= 15 is 0 Å². The van der Waals surface area contributed by atoms with Crippen molar-refractivity contribution in [1.29, 1.82) is 0 Å². The van der Waals surface area contributed by atoms with Crippen molar-refractivity contribution in [3.8, 4) is 0 Å². The molecule has 0 bridgehead atoms. The standard InChI is InChI=1S/C13H18N2O2/c1-10(2)15-6-7-17-12(9-15)13(16)11-4-3-5-14-8-11/h3-5,8,10,12H,6-7,9H2,1-2H3. The second-order valence-corrected chi connectivity index (χ2v) is 4.55. The van der Waals surface area contributed by atoms with E-state index in [4.69, 9.17) is 4.74 Å². The molecule has 0 N–H and O–H groups in total. The number of pyridine rings is 1. The van der Waals surface area contributed by atoms with Gasteiger partial charge in [-0.05, 0) is 26.0 Å². The van der Waals surface area contributed by atoms with E-state index in [2.05, 4.69) is 23.7 Å². The summed E-state index contributed by atoms with van der Waals surface area (Å²) in [5.41, 5.74) is 0.628. The van der Waals surface area contributed by atoms with Crippen LogP contribution in [0, 0.1) is 0 Å². The average molecular weight is 234 g/mol. The molecule has 2 rings (SSSR count). The highest BCUT2D eigenvalue weighted by Crippen LogP contribution is 2.13. The lowest BCUT2D eigenvalue weighted by atomic mass is 10.1. The molecule has 4 nitrogen and oxygen atoms in total. The van der Waals surface area contributed by atoms with E-state index in [9.17, 15) is 4.79 Å². The summed E-state index contributed by atoms with van der Waals surface area (Å²) in [6.07, 6.45) is 2.91. The van der Waals surface area contributed by atoms with Crippen molar-refractivity contribution < 1.29 is 9.53 Å². The quantitative estimate of drug-likeness (QED) is 0.741. The van der Waals surface area contributed by atoms with Crippen LogP contribution >= 0.6 is 0 Å². The largest absolute Gasteiger partial charge is 0.367 e. The van der Waals surface area contributed by atoms with Crippen LogP contribution in [0.3, 0.4) is 0 Å². The molecule has 1 atom stereocenters. The van der Waals surface area contributed by atoms with Crippen LogP contribution in [0.5, 0.6) is 0 Å². The van der Waals surface area contributed by atoms with Gasteiger partial charge in [-0.15, -0.1) is 0 Å². The first-order valence-corrected chi connectivity index (χ1v) is 5.98. The van der Waals surface area contributed by atoms with Gasteiger partial charge < -0.3 is 4.74 Å². The van der Waals surface area contributed by atoms with Crippen LogP contribution < -0.4 is 0 Å². The lowest BCUT2D eigenvalue weighted by Crippen LogP contribution is -2.48. The van der Waals surface area contributed by atoms with Crippen molar-refractivity contribution in [1.82, 2.24) is 9.88 Å². The van der Waals surface area contributed by atoms with Crippen LogP contribution in [0.1, 0.15) is 24.2 Å². The number of rotatable bonds is 3. The van der Waals surface area contributed by atoms with Crippen molar-refractivity contribution in [2.24, 2.45) is 0 Å². The van der Waals surface area contributed by atoms with E-state index in [1.54, 1.807) is 24.5 Å². The second-order valence-electron chi connectivity index (χ2n) is 4.55. The topological polar surface area (TPSA) is 42.4 Å². The Morgan fingerprint density at radius 2 is 2.41 bits per heavy atom. The molecule has 1 aromatic rings. The third-order valence-corrected chi connectivity index (χ3v) is 3.07. The maximum absolute atomic E-state index is 12.2. The fourth-order valence-corrected chi connectivity index (χ4v) is 1.99. The molecule has 1 unspecified atom stereocenters. The van der Waals surface area contributed by atoms with Crippen LogP contribution in [0.4, 0.5) is 0 Å². The number of carbonyl (C=O) groups is 1. The van der Waals surface area contributed by atoms with E-state index in [1.165, 1.54) is 0 Å². The third-order valence-electron chi connectivity index (χ3n) is 3.07. The van der Waals surface area contributed by atoms with Gasteiger partial charge in [0, 0.05) is 37.1 Å². The normalized spacial score (nSPS) is 21.7. The van der Waals surface area contributed by atoms with Gasteiger partial charge in [-0.3, -0.25) is 14.7 Å². The molecule has 4 heteroatoms. The van der Waals surface area contributed by atoms with Gasteiger partial charge in [0.2, 0.25) is 0 Å². The predicted molar refractivity (Wildman–Crippen MR) is 65.0 cm³/mol. The molecule has 1 saturated heterocycles. The van der Waals surface area contributed by atoms with Crippen LogP contribution in [-0.2, 0) is 4.74 Å². The van der Waals surface area contributed by atoms with E-state index in [1.807, 2.05) is 0 Å². The summed E-state index contributed by atoms with van der Waals surface area (Å²) in [5.74, 6) is 0.0310. The molecule has 2 heterocycles. The zero-order valence-corrected chi connectivity index (χ0v) is 10.3. The molecule has 1 aromatic heterocycles. The summed E-state index contributed by atoms with van der Waals surface area (Å²) >= 11 is 0. The first-order chi connectivity index (χ1) is 8.18. The summed E-state index contributed by atoms with van der Waals surface area (Å²) in [6, 6.07) is 4.01. The molecule has 0 aromatic carbocycles. The van der Waals surface area contributed by atoms with Gasteiger partial charge in [0.1, 0.15) is 6.10 Å². The highest BCUT2D eigenvalue weighted by atomic mass is 16.5. The molecular formula is C13H18N2O2. The van der Waals surface area contributed by atoms with Gasteiger partial charge in [-0.1, -0.05) is 0 Å². The molecule has 1 fully saturated rings. The van der Waals surface area contributed by atoms with Crippen molar-refractivity contribution in [3.05, 3.63) is 30.1 Å². The molecule has 0 spiro atoms. The Morgan fingerprint density at radius 1 is 1.59 bits per heavy atom. The number of carbonyl (C=O) groups excluding carboxylic acids is 1. The monoisotopic (exact) mass is 234 g/mol. The Morgan fingerprint density at radius 3 is 3.06 bits per heavy atom. The van der Waals surface area contributed by atoms with Gasteiger partial charge in [0.15, 0.2) is 5.78 Å². The van der Waals surface area contributed by atoms with Crippen LogP contribution in [-0.4, -0.2) is 47.5 Å². The number of aromatic nitrogens is 1. The summed E-state index contributed by atoms with van der Waals surface area (Å²) < 4.78 is 5.56. The molecule has 0 saturated carbocycles. The van der Waals surface area contributed by atoms with Gasteiger partial charge in [-0.2, -0.15) is 0 Å². The van der Waals surface area contributed by atoms with Gasteiger partial charge in [0.05, 0.1) is 6.61 Å². The van der Waals surface area contributed by atoms with Crippen LogP contribution in [0.2, 0.25) is 0 Å². The molecule has 0 radical (unpaired) electrons. The number of morpholine rings is 1. The summed E-state index contributed by atoms with van der Waals surface area (Å²) in [5, 5.41) is 0. The van der Waals surface area contributed by atoms with E-state index in [-0.39, 0.29) is 11.9 Å². The Hall–Kier alpha value is -1.26. The lowest BCUT2D eigenvalue weighted by Gasteiger charge is -2.34. The van der Waals surface area contributed by atoms with Crippen molar-refractivity contribution >= 4 is 5.78 Å². The number of ether oxygens (including phenoxy) is 1. The fourth-order valence-electron chi connectivity index (χ4n) is 1.99. The van der Waals surface area contributed by atoms with Crippen molar-refractivity contribution in [2.75, 3.05) is 19.7 Å². The zero-order valence-electron chi connectivity index (χ0n) is 10.3. The van der Waals surface area contributed by atoms with E-state index < -0.39 is 0 Å². The smallest absolute Gasteiger partial charge is 0.194 e. The van der Waals surface area contributed by atoms with Gasteiger partial charge in [0.25, 0.3) is 0 Å². The van der Waals surface area contributed by atoms with Crippen molar-refractivity contribution in [3.63, 3.8) is 0 Å². The van der Waals surface area contributed by atoms with E-state index in [0.717, 1.165) is 6.54 Å². The summed E-state index contributed by atoms with van der Waals surface area (Å²) in [4.78, 5) is 18.4. The molecule has 92 valence electrons. The first kappa shape index (κ1) is 12.2. The van der Waals surface area contributed by atoms with Crippen LogP contribution in [0.25, 0.3) is 0 Å². The lowest BCUT2D eigenvalue weighted by molar-refractivity contribution is -0.0256. The molecule has 17 heavy (non-hydrogen) atoms. The number of nitrogens with zero attached hydrogens (tertiary/aromatic N) is 2. The molecule has 1 aliphatic heterocycles. The summed E-state index contributed by atoms with van der Waals surface area (Å²) in [6.45, 7) is 6.46. The molecular weight excluding hydrogens is 216 g/mol. The third kappa shape index (κ3) is 2.90. The first-order valence-electron chi connectivity index (χ1n) is 5.98. The Bertz CT molecular complexity index is 378. The SMILES string of the molecule is CC(C)N1CCOC(C(=O)c2cccnc2)C1. The number of ketones is 1. The average Bonchev–Trinajstić information content (AvgIpc) is 2.39. The zero-order chi connectivity index (χ0) is 12.3. The minimum absolute atomic E-state index is 0.0310. The Labute approximate surface area is 102 Å². The molecule has 1 aliphatic rings. The highest BCUT2D eigenvalue weighted by molar-refractivity contribution is 5.99. The number of Topliss-reactive ketones (excluding diaryl/α,β-unsaturated/α-hetero) is 1. The fraction of sp³-hybridized carbons (Fsp3) is 0.538. The second kappa shape index (κ2) is 5.38. The molecule has 0 amide bonds. The maximum Gasteiger partial charge on any atom is 0.194 e. The minimum atomic E-state index is -0.352. The number of hydrogen-bond donors (Lipinski definition) is 0. The van der Waals surface area contributed by atoms with E-state index in [0.29, 0.717) is 24.8 Å². The predicted octanol–water partition coefficient (Wildman–Crippen LogP) is 1.37. The number of hydrogen-bond acceptors (Lipinski definition) is 4. The Balaban J connectivity index is 2.05. The highest BCUT2D eigenvalue weighted by Gasteiger charge is 2.28. The van der Waals surface area contributed by atoms with Crippen molar-refractivity contribution in [2.45, 2.75) is 26.0 Å². The van der Waals surface area contributed by atoms with Gasteiger partial charge >= 0.3 is 0 Å². The maximum atomic E-state index is 12.2. The minimum Gasteiger partial charge on any atom is -0.367 e. The van der Waals surface area contributed by atoms with Crippen LogP contribution in [0.15, 0.2) is 24.5 Å². The summed E-state index contributed by atoms with van der Waals surface area (Å²) in [7, 11) is 0.